The SMILES string of the molecule is COC(=O)CN(C)C(=O)N[C@@H](CC(N)=O)C(=O)O. The lowest BCUT2D eigenvalue weighted by atomic mass is 10.2. The van der Waals surface area contributed by atoms with Gasteiger partial charge in [0.1, 0.15) is 12.6 Å². The number of carbonyl (C=O) groups is 4. The molecule has 0 aromatic heterocycles. The second-order valence-electron chi connectivity index (χ2n) is 3.44. The fourth-order valence-corrected chi connectivity index (χ4v) is 0.991. The van der Waals surface area contributed by atoms with Crippen molar-refractivity contribution in [3.63, 3.8) is 0 Å². The number of hydrogen-bond acceptors (Lipinski definition) is 5. The number of nitrogens with two attached hydrogens (primary N) is 1. The molecule has 102 valence electrons. The molecular formula is C9H15N3O6. The lowest BCUT2D eigenvalue weighted by Gasteiger charge is -2.19. The fourth-order valence-electron chi connectivity index (χ4n) is 0.991. The number of methoxy groups -OCH3 is 1. The Hall–Kier alpha value is -2.32. The normalized spacial score (nSPS) is 11.2. The van der Waals surface area contributed by atoms with Gasteiger partial charge in [-0.3, -0.25) is 9.59 Å². The van der Waals surface area contributed by atoms with Crippen molar-refractivity contribution in [3.8, 4) is 0 Å². The van der Waals surface area contributed by atoms with Gasteiger partial charge in [-0.1, -0.05) is 0 Å². The molecule has 0 aliphatic carbocycles. The van der Waals surface area contributed by atoms with E-state index in [4.69, 9.17) is 10.8 Å². The van der Waals surface area contributed by atoms with Crippen LogP contribution in [0.3, 0.4) is 0 Å². The van der Waals surface area contributed by atoms with Crippen LogP contribution in [-0.4, -0.2) is 60.6 Å². The monoisotopic (exact) mass is 261 g/mol. The maximum atomic E-state index is 11.5. The van der Waals surface area contributed by atoms with Crippen LogP contribution in [0.2, 0.25) is 0 Å². The fraction of sp³-hybridized carbons (Fsp3) is 0.556. The largest absolute Gasteiger partial charge is 0.480 e. The maximum absolute atomic E-state index is 11.5. The molecule has 18 heavy (non-hydrogen) atoms. The van der Waals surface area contributed by atoms with Gasteiger partial charge in [-0.15, -0.1) is 0 Å². The summed E-state index contributed by atoms with van der Waals surface area (Å²) < 4.78 is 4.34. The Morgan fingerprint density at radius 3 is 2.33 bits per heavy atom. The van der Waals surface area contributed by atoms with Gasteiger partial charge in [0.15, 0.2) is 0 Å². The number of ether oxygens (including phenoxy) is 1. The number of carboxylic acid groups (broad SMARTS) is 1. The number of nitrogens with one attached hydrogen (secondary N) is 1. The third-order valence-corrected chi connectivity index (χ3v) is 1.94. The number of carboxylic acids is 1. The summed E-state index contributed by atoms with van der Waals surface area (Å²) in [6, 6.07) is -2.26. The first-order valence-electron chi connectivity index (χ1n) is 4.87. The molecule has 4 N–H and O–H groups in total. The quantitative estimate of drug-likeness (QED) is 0.478. The summed E-state index contributed by atoms with van der Waals surface area (Å²) in [6.45, 7) is -0.342. The summed E-state index contributed by atoms with van der Waals surface area (Å²) in [4.78, 5) is 44.6. The lowest BCUT2D eigenvalue weighted by molar-refractivity contribution is -0.141. The maximum Gasteiger partial charge on any atom is 0.326 e. The Morgan fingerprint density at radius 1 is 1.39 bits per heavy atom. The first-order valence-corrected chi connectivity index (χ1v) is 4.87. The first-order chi connectivity index (χ1) is 8.27. The summed E-state index contributed by atoms with van der Waals surface area (Å²) in [5, 5.41) is 10.8. The molecule has 9 heteroatoms. The third kappa shape index (κ3) is 5.68. The second kappa shape index (κ2) is 7.09. The number of aliphatic carboxylic acids is 1. The van der Waals surface area contributed by atoms with Gasteiger partial charge in [0.05, 0.1) is 13.5 Å². The van der Waals surface area contributed by atoms with Crippen molar-refractivity contribution < 1.29 is 29.0 Å². The number of urea groups is 1. The van der Waals surface area contributed by atoms with E-state index < -0.39 is 36.3 Å². The van der Waals surface area contributed by atoms with Gasteiger partial charge in [-0.2, -0.15) is 0 Å². The molecule has 0 aliphatic heterocycles. The number of nitrogens with zero attached hydrogens (tertiary/aromatic N) is 1. The van der Waals surface area contributed by atoms with E-state index in [2.05, 4.69) is 10.1 Å². The average Bonchev–Trinajstić information content (AvgIpc) is 2.26. The van der Waals surface area contributed by atoms with E-state index >= 15 is 0 Å². The predicted octanol–water partition coefficient (Wildman–Crippen LogP) is -1.87. The van der Waals surface area contributed by atoms with Gasteiger partial charge < -0.3 is 25.8 Å². The van der Waals surface area contributed by atoms with Crippen LogP contribution in [-0.2, 0) is 19.1 Å². The highest BCUT2D eigenvalue weighted by Gasteiger charge is 2.24. The van der Waals surface area contributed by atoms with Gasteiger partial charge in [0, 0.05) is 7.05 Å². The Morgan fingerprint density at radius 2 is 1.94 bits per heavy atom. The molecule has 1 atom stereocenters. The molecule has 0 radical (unpaired) electrons. The van der Waals surface area contributed by atoms with E-state index in [1.54, 1.807) is 0 Å². The second-order valence-corrected chi connectivity index (χ2v) is 3.44. The molecule has 0 heterocycles. The van der Waals surface area contributed by atoms with Crippen molar-refractivity contribution in [3.05, 3.63) is 0 Å². The van der Waals surface area contributed by atoms with Crippen molar-refractivity contribution in [2.45, 2.75) is 12.5 Å². The van der Waals surface area contributed by atoms with Gasteiger partial charge in [0.25, 0.3) is 0 Å². The minimum absolute atomic E-state index is 0.342. The Kier molecular flexibility index (Phi) is 6.18. The van der Waals surface area contributed by atoms with Crippen LogP contribution < -0.4 is 11.1 Å². The summed E-state index contributed by atoms with van der Waals surface area (Å²) in [6.07, 6.45) is -0.535. The highest BCUT2D eigenvalue weighted by molar-refractivity contribution is 5.88. The van der Waals surface area contributed by atoms with Crippen molar-refractivity contribution in [2.24, 2.45) is 5.73 Å². The number of primary amides is 1. The van der Waals surface area contributed by atoms with Crippen LogP contribution >= 0.6 is 0 Å². The minimum atomic E-state index is -1.44. The molecule has 0 bridgehead atoms. The summed E-state index contributed by atoms with van der Waals surface area (Å²) >= 11 is 0. The van der Waals surface area contributed by atoms with Crippen LogP contribution in [0.4, 0.5) is 4.79 Å². The van der Waals surface area contributed by atoms with E-state index in [0.717, 1.165) is 12.0 Å². The van der Waals surface area contributed by atoms with Gasteiger partial charge >= 0.3 is 18.0 Å². The smallest absolute Gasteiger partial charge is 0.326 e. The zero-order chi connectivity index (χ0) is 14.3. The highest BCUT2D eigenvalue weighted by Crippen LogP contribution is 1.95. The number of amides is 3. The number of esters is 1. The van der Waals surface area contributed by atoms with Gasteiger partial charge in [-0.05, 0) is 0 Å². The lowest BCUT2D eigenvalue weighted by Crippen LogP contribution is -2.49. The van der Waals surface area contributed by atoms with Crippen LogP contribution in [0.1, 0.15) is 6.42 Å². The van der Waals surface area contributed by atoms with Crippen molar-refractivity contribution >= 4 is 23.9 Å². The molecule has 0 aromatic carbocycles. The molecule has 9 nitrogen and oxygen atoms in total. The molecule has 0 unspecified atom stereocenters. The van der Waals surface area contributed by atoms with Crippen LogP contribution in [0.5, 0.6) is 0 Å². The number of hydrogen-bond donors (Lipinski definition) is 3. The topological polar surface area (TPSA) is 139 Å². The molecule has 3 amide bonds. The summed E-state index contributed by atoms with van der Waals surface area (Å²) in [5.74, 6) is -2.92. The number of carbonyl (C=O) groups excluding carboxylic acids is 3. The summed E-state index contributed by atoms with van der Waals surface area (Å²) in [5.41, 5.74) is 4.84. The molecule has 0 fully saturated rings. The van der Waals surface area contributed by atoms with Gasteiger partial charge in [-0.25, -0.2) is 9.59 Å². The minimum Gasteiger partial charge on any atom is -0.480 e. The Balaban J connectivity index is 4.45. The van der Waals surface area contributed by atoms with E-state index in [1.807, 2.05) is 0 Å². The van der Waals surface area contributed by atoms with Crippen molar-refractivity contribution in [1.82, 2.24) is 10.2 Å². The van der Waals surface area contributed by atoms with E-state index in [-0.39, 0.29) is 6.54 Å². The molecular weight excluding hydrogens is 246 g/mol. The van der Waals surface area contributed by atoms with Crippen LogP contribution in [0.25, 0.3) is 0 Å². The molecule has 0 rings (SSSR count). The zero-order valence-corrected chi connectivity index (χ0v) is 10.0. The highest BCUT2D eigenvalue weighted by atomic mass is 16.5. The first kappa shape index (κ1) is 15.7. The van der Waals surface area contributed by atoms with Crippen LogP contribution in [0.15, 0.2) is 0 Å². The van der Waals surface area contributed by atoms with Crippen molar-refractivity contribution in [1.29, 1.82) is 0 Å². The molecule has 0 aliphatic rings. The summed E-state index contributed by atoms with van der Waals surface area (Å²) in [7, 11) is 2.43. The Bertz CT molecular complexity index is 356. The van der Waals surface area contributed by atoms with E-state index in [1.165, 1.54) is 7.05 Å². The Labute approximate surface area is 103 Å². The average molecular weight is 261 g/mol. The molecule has 0 saturated heterocycles. The molecule has 0 aromatic rings. The number of likely N-dealkylation sites (N-methyl/N-ethyl adjacent to an activating group) is 1. The predicted molar refractivity (Wildman–Crippen MR) is 58.4 cm³/mol. The van der Waals surface area contributed by atoms with E-state index in [0.29, 0.717) is 0 Å². The van der Waals surface area contributed by atoms with Crippen LogP contribution in [0, 0.1) is 0 Å². The van der Waals surface area contributed by atoms with Gasteiger partial charge in [0.2, 0.25) is 5.91 Å². The molecule has 0 spiro atoms. The van der Waals surface area contributed by atoms with E-state index in [9.17, 15) is 19.2 Å². The molecule has 0 saturated carbocycles. The van der Waals surface area contributed by atoms with Crippen molar-refractivity contribution in [2.75, 3.05) is 20.7 Å². The number of rotatable bonds is 6. The zero-order valence-electron chi connectivity index (χ0n) is 10.0. The standard InChI is InChI=1S/C9H15N3O6/c1-12(4-7(14)18-2)9(17)11-5(8(15)16)3-6(10)13/h5H,3-4H2,1-2H3,(H2,10,13)(H,11,17)(H,15,16)/t5-/m0/s1. The third-order valence-electron chi connectivity index (χ3n) is 1.94.